The predicted molar refractivity (Wildman–Crippen MR) is 82.0 cm³/mol. The molecule has 0 saturated heterocycles. The highest BCUT2D eigenvalue weighted by Crippen LogP contribution is 2.15. The van der Waals surface area contributed by atoms with E-state index in [9.17, 15) is 4.79 Å². The number of nitrogens with zero attached hydrogens (tertiary/aromatic N) is 2. The average molecular weight is 296 g/mol. The fourth-order valence-electron chi connectivity index (χ4n) is 2.26. The van der Waals surface area contributed by atoms with E-state index in [0.29, 0.717) is 17.9 Å². The molecule has 0 radical (unpaired) electrons. The van der Waals surface area contributed by atoms with E-state index in [0.717, 1.165) is 17.0 Å². The minimum atomic E-state index is -0.394. The molecule has 0 fully saturated rings. The molecule has 0 aliphatic carbocycles. The number of aromatic nitrogens is 2. The lowest BCUT2D eigenvalue weighted by Crippen LogP contribution is -2.07. The standard InChI is InChI=1S/C17H16N2O3/c1-12-5-3-6-14(9-12)22-11-13-10-19-15(17(20)21-2)7-4-8-16(19)18-13/h3-10H,11H2,1-2H3. The summed E-state index contributed by atoms with van der Waals surface area (Å²) in [6.07, 6.45) is 1.79. The maximum absolute atomic E-state index is 11.8. The van der Waals surface area contributed by atoms with E-state index in [-0.39, 0.29) is 0 Å². The predicted octanol–water partition coefficient (Wildman–Crippen LogP) is 3.01. The first kappa shape index (κ1) is 14.1. The van der Waals surface area contributed by atoms with E-state index in [1.807, 2.05) is 37.3 Å². The highest BCUT2D eigenvalue weighted by molar-refractivity contribution is 5.88. The van der Waals surface area contributed by atoms with Gasteiger partial charge in [0.1, 0.15) is 23.7 Å². The number of carbonyl (C=O) groups excluding carboxylic acids is 1. The Kier molecular flexibility index (Phi) is 3.78. The Morgan fingerprint density at radius 1 is 1.23 bits per heavy atom. The second-order valence-electron chi connectivity index (χ2n) is 4.97. The molecule has 0 N–H and O–H groups in total. The van der Waals surface area contributed by atoms with Gasteiger partial charge in [0.2, 0.25) is 0 Å². The maximum Gasteiger partial charge on any atom is 0.355 e. The first-order chi connectivity index (χ1) is 10.7. The largest absolute Gasteiger partial charge is 0.487 e. The first-order valence-corrected chi connectivity index (χ1v) is 6.92. The number of hydrogen-bond acceptors (Lipinski definition) is 4. The van der Waals surface area contributed by atoms with Crippen molar-refractivity contribution in [1.29, 1.82) is 0 Å². The van der Waals surface area contributed by atoms with Gasteiger partial charge in [-0.1, -0.05) is 18.2 Å². The SMILES string of the molecule is COC(=O)c1cccc2nc(COc3cccc(C)c3)cn12. The fraction of sp³-hybridized carbons (Fsp3) is 0.176. The van der Waals surface area contributed by atoms with E-state index in [4.69, 9.17) is 9.47 Å². The van der Waals surface area contributed by atoms with Crippen LogP contribution in [0.15, 0.2) is 48.7 Å². The lowest BCUT2D eigenvalue weighted by atomic mass is 10.2. The van der Waals surface area contributed by atoms with E-state index in [1.54, 1.807) is 22.7 Å². The highest BCUT2D eigenvalue weighted by Gasteiger charge is 2.12. The van der Waals surface area contributed by atoms with Crippen molar-refractivity contribution in [3.8, 4) is 5.75 Å². The number of pyridine rings is 1. The second kappa shape index (κ2) is 5.89. The van der Waals surface area contributed by atoms with Crippen molar-refractivity contribution >= 4 is 11.6 Å². The Morgan fingerprint density at radius 2 is 2.05 bits per heavy atom. The van der Waals surface area contributed by atoms with Crippen molar-refractivity contribution in [1.82, 2.24) is 9.38 Å². The van der Waals surface area contributed by atoms with E-state index in [1.165, 1.54) is 7.11 Å². The zero-order chi connectivity index (χ0) is 15.5. The van der Waals surface area contributed by atoms with E-state index < -0.39 is 5.97 Å². The molecule has 2 heterocycles. The Bertz CT molecular complexity index is 824. The number of imidazole rings is 1. The molecule has 0 amide bonds. The fourth-order valence-corrected chi connectivity index (χ4v) is 2.26. The third-order valence-corrected chi connectivity index (χ3v) is 3.31. The minimum absolute atomic E-state index is 0.339. The van der Waals surface area contributed by atoms with Gasteiger partial charge in [-0.15, -0.1) is 0 Å². The van der Waals surface area contributed by atoms with Crippen LogP contribution in [0.25, 0.3) is 5.65 Å². The topological polar surface area (TPSA) is 52.8 Å². The van der Waals surface area contributed by atoms with Crippen LogP contribution >= 0.6 is 0 Å². The summed E-state index contributed by atoms with van der Waals surface area (Å²) >= 11 is 0. The van der Waals surface area contributed by atoms with Crippen LogP contribution in [-0.4, -0.2) is 22.5 Å². The van der Waals surface area contributed by atoms with Gasteiger partial charge >= 0.3 is 5.97 Å². The third kappa shape index (κ3) is 2.79. The van der Waals surface area contributed by atoms with Gasteiger partial charge < -0.3 is 9.47 Å². The Hall–Kier alpha value is -2.82. The Labute approximate surface area is 128 Å². The number of ether oxygens (including phenoxy) is 2. The van der Waals surface area contributed by atoms with Crippen LogP contribution in [0, 0.1) is 6.92 Å². The zero-order valence-corrected chi connectivity index (χ0v) is 12.4. The number of esters is 1. The van der Waals surface area contributed by atoms with Crippen molar-refractivity contribution in [2.45, 2.75) is 13.5 Å². The summed E-state index contributed by atoms with van der Waals surface area (Å²) in [6, 6.07) is 13.1. The number of aryl methyl sites for hydroxylation is 1. The molecule has 0 aliphatic heterocycles. The first-order valence-electron chi connectivity index (χ1n) is 6.92. The lowest BCUT2D eigenvalue weighted by molar-refractivity contribution is 0.0592. The summed E-state index contributed by atoms with van der Waals surface area (Å²) in [6.45, 7) is 2.35. The number of benzene rings is 1. The number of rotatable bonds is 4. The molecule has 0 unspecified atom stereocenters. The van der Waals surface area contributed by atoms with Crippen LogP contribution in [0.2, 0.25) is 0 Å². The third-order valence-electron chi connectivity index (χ3n) is 3.31. The van der Waals surface area contributed by atoms with Crippen LogP contribution < -0.4 is 4.74 Å². The van der Waals surface area contributed by atoms with Crippen LogP contribution in [0.3, 0.4) is 0 Å². The lowest BCUT2D eigenvalue weighted by Gasteiger charge is -2.04. The van der Waals surface area contributed by atoms with Crippen LogP contribution in [0.1, 0.15) is 21.7 Å². The normalized spacial score (nSPS) is 10.6. The van der Waals surface area contributed by atoms with Crippen LogP contribution in [0.4, 0.5) is 0 Å². The van der Waals surface area contributed by atoms with Gasteiger partial charge in [0.25, 0.3) is 0 Å². The number of methoxy groups -OCH3 is 1. The molecule has 0 saturated carbocycles. The number of hydrogen-bond donors (Lipinski definition) is 0. The van der Waals surface area contributed by atoms with Gasteiger partial charge in [-0.2, -0.15) is 0 Å². The molecule has 22 heavy (non-hydrogen) atoms. The Morgan fingerprint density at radius 3 is 2.82 bits per heavy atom. The summed E-state index contributed by atoms with van der Waals surface area (Å²) in [5, 5.41) is 0. The Balaban J connectivity index is 1.85. The van der Waals surface area contributed by atoms with Gasteiger partial charge in [-0.25, -0.2) is 9.78 Å². The van der Waals surface area contributed by atoms with E-state index >= 15 is 0 Å². The van der Waals surface area contributed by atoms with Crippen molar-refractivity contribution in [3.63, 3.8) is 0 Å². The van der Waals surface area contributed by atoms with Crippen molar-refractivity contribution in [2.24, 2.45) is 0 Å². The van der Waals surface area contributed by atoms with Crippen LogP contribution in [-0.2, 0) is 11.3 Å². The van der Waals surface area contributed by atoms with Gasteiger partial charge in [0.15, 0.2) is 0 Å². The molecule has 3 rings (SSSR count). The highest BCUT2D eigenvalue weighted by atomic mass is 16.5. The molecule has 0 bridgehead atoms. The maximum atomic E-state index is 11.8. The van der Waals surface area contributed by atoms with Gasteiger partial charge in [0, 0.05) is 6.20 Å². The van der Waals surface area contributed by atoms with Crippen LogP contribution in [0.5, 0.6) is 5.75 Å². The van der Waals surface area contributed by atoms with Gasteiger partial charge in [-0.3, -0.25) is 4.40 Å². The summed E-state index contributed by atoms with van der Waals surface area (Å²) in [4.78, 5) is 16.2. The summed E-state index contributed by atoms with van der Waals surface area (Å²) < 4.78 is 12.2. The molecule has 2 aromatic heterocycles. The number of fused-ring (bicyclic) bond motifs is 1. The second-order valence-corrected chi connectivity index (χ2v) is 4.97. The van der Waals surface area contributed by atoms with E-state index in [2.05, 4.69) is 4.98 Å². The molecular formula is C17H16N2O3. The molecule has 0 atom stereocenters. The summed E-state index contributed by atoms with van der Waals surface area (Å²) in [5.41, 5.74) is 3.01. The quantitative estimate of drug-likeness (QED) is 0.694. The minimum Gasteiger partial charge on any atom is -0.487 e. The summed E-state index contributed by atoms with van der Waals surface area (Å²) in [5.74, 6) is 0.402. The molecule has 0 spiro atoms. The zero-order valence-electron chi connectivity index (χ0n) is 12.4. The summed E-state index contributed by atoms with van der Waals surface area (Å²) in [7, 11) is 1.36. The van der Waals surface area contributed by atoms with Gasteiger partial charge in [0.05, 0.1) is 12.8 Å². The molecule has 1 aromatic carbocycles. The molecule has 112 valence electrons. The average Bonchev–Trinajstić information content (AvgIpc) is 2.95. The smallest absolute Gasteiger partial charge is 0.355 e. The molecule has 5 nitrogen and oxygen atoms in total. The number of carbonyl (C=O) groups is 1. The molecule has 0 aliphatic rings. The van der Waals surface area contributed by atoms with Crippen molar-refractivity contribution in [2.75, 3.05) is 7.11 Å². The molecule has 5 heteroatoms. The molecule has 3 aromatic rings. The van der Waals surface area contributed by atoms with Crippen molar-refractivity contribution in [3.05, 3.63) is 65.6 Å². The van der Waals surface area contributed by atoms with Gasteiger partial charge in [-0.05, 0) is 36.8 Å². The molecular weight excluding hydrogens is 280 g/mol. The monoisotopic (exact) mass is 296 g/mol. The van der Waals surface area contributed by atoms with Crippen molar-refractivity contribution < 1.29 is 14.3 Å².